The topological polar surface area (TPSA) is 68.6 Å². The van der Waals surface area contributed by atoms with E-state index >= 15 is 0 Å². The number of aryl methyl sites for hydroxylation is 1. The van der Waals surface area contributed by atoms with E-state index < -0.39 is 17.4 Å². The number of hydrogen-bond donors (Lipinski definition) is 0. The number of benzene rings is 2. The summed E-state index contributed by atoms with van der Waals surface area (Å²) < 4.78 is 29.9. The fourth-order valence-corrected chi connectivity index (χ4v) is 2.24. The lowest BCUT2D eigenvalue weighted by Crippen LogP contribution is -2.39. The van der Waals surface area contributed by atoms with Crippen molar-refractivity contribution in [2.24, 2.45) is 0 Å². The number of ether oxygens (including phenoxy) is 3. The Morgan fingerprint density at radius 3 is 2.54 bits per heavy atom. The van der Waals surface area contributed by atoms with Crippen LogP contribution in [0.4, 0.5) is 4.39 Å². The first-order valence-electron chi connectivity index (χ1n) is 8.10. The molecule has 0 N–H and O–H groups in total. The Balaban J connectivity index is 2.18. The molecule has 0 aromatic heterocycles. The zero-order valence-corrected chi connectivity index (χ0v) is 15.1. The average molecular weight is 357 g/mol. The highest BCUT2D eigenvalue weighted by Gasteiger charge is 2.32. The van der Waals surface area contributed by atoms with E-state index in [-0.39, 0.29) is 17.9 Å². The molecule has 0 amide bonds. The van der Waals surface area contributed by atoms with Crippen molar-refractivity contribution in [2.45, 2.75) is 33.3 Å². The van der Waals surface area contributed by atoms with Gasteiger partial charge in [0.05, 0.1) is 18.2 Å². The Hall–Kier alpha value is -3.07. The average Bonchev–Trinajstić information content (AvgIpc) is 2.57. The third-order valence-electron chi connectivity index (χ3n) is 3.51. The largest absolute Gasteiger partial charge is 0.476 e. The third kappa shape index (κ3) is 4.73. The fraction of sp³-hybridized carbons (Fsp3) is 0.300. The zero-order valence-electron chi connectivity index (χ0n) is 15.1. The van der Waals surface area contributed by atoms with E-state index in [1.807, 2.05) is 6.07 Å². The lowest BCUT2D eigenvalue weighted by Gasteiger charge is -2.25. The van der Waals surface area contributed by atoms with Gasteiger partial charge in [-0.15, -0.1) is 0 Å². The first-order valence-corrected chi connectivity index (χ1v) is 8.10. The van der Waals surface area contributed by atoms with E-state index in [0.717, 1.165) is 11.6 Å². The minimum Gasteiger partial charge on any atom is -0.476 e. The van der Waals surface area contributed by atoms with Crippen LogP contribution in [-0.4, -0.2) is 18.2 Å². The van der Waals surface area contributed by atoms with Gasteiger partial charge in [-0.25, -0.2) is 9.18 Å². The van der Waals surface area contributed by atoms with Gasteiger partial charge in [0.25, 0.3) is 0 Å². The lowest BCUT2D eigenvalue weighted by atomic mass is 10.1. The molecule has 0 aliphatic heterocycles. The quantitative estimate of drug-likeness (QED) is 0.711. The van der Waals surface area contributed by atoms with E-state index in [1.165, 1.54) is 12.1 Å². The minimum atomic E-state index is -1.13. The van der Waals surface area contributed by atoms with Crippen LogP contribution in [0.1, 0.15) is 31.9 Å². The molecular weight excluding hydrogens is 337 g/mol. The SMILES string of the molecule is CCOC(=O)C(C)(C)Oc1ccc(Oc2cc(F)cc(C#N)c2)cc1C. The molecule has 0 radical (unpaired) electrons. The summed E-state index contributed by atoms with van der Waals surface area (Å²) in [6.45, 7) is 7.07. The molecule has 0 unspecified atom stereocenters. The number of carbonyl (C=O) groups is 1. The van der Waals surface area contributed by atoms with Crippen molar-refractivity contribution in [1.29, 1.82) is 5.26 Å². The third-order valence-corrected chi connectivity index (χ3v) is 3.51. The molecule has 26 heavy (non-hydrogen) atoms. The highest BCUT2D eigenvalue weighted by Crippen LogP contribution is 2.30. The number of rotatable bonds is 6. The predicted octanol–water partition coefficient (Wildman–Crippen LogP) is 4.52. The van der Waals surface area contributed by atoms with Crippen LogP contribution in [0.2, 0.25) is 0 Å². The summed E-state index contributed by atoms with van der Waals surface area (Å²) in [4.78, 5) is 11.9. The van der Waals surface area contributed by atoms with Crippen molar-refractivity contribution in [3.05, 3.63) is 53.3 Å². The van der Waals surface area contributed by atoms with Crippen LogP contribution >= 0.6 is 0 Å². The van der Waals surface area contributed by atoms with E-state index in [0.29, 0.717) is 11.5 Å². The molecule has 2 aromatic carbocycles. The Kier molecular flexibility index (Phi) is 5.83. The maximum absolute atomic E-state index is 13.5. The van der Waals surface area contributed by atoms with Crippen LogP contribution < -0.4 is 9.47 Å². The molecule has 0 atom stereocenters. The molecule has 0 spiro atoms. The summed E-state index contributed by atoms with van der Waals surface area (Å²) in [5.74, 6) is 0.183. The minimum absolute atomic E-state index is 0.174. The second-order valence-electron chi connectivity index (χ2n) is 6.15. The summed E-state index contributed by atoms with van der Waals surface area (Å²) >= 11 is 0. The molecule has 2 aromatic rings. The van der Waals surface area contributed by atoms with Gasteiger partial charge in [-0.05, 0) is 63.6 Å². The van der Waals surface area contributed by atoms with Crippen LogP contribution in [-0.2, 0) is 9.53 Å². The lowest BCUT2D eigenvalue weighted by molar-refractivity contribution is -0.158. The van der Waals surface area contributed by atoms with Crippen LogP contribution in [0.25, 0.3) is 0 Å². The van der Waals surface area contributed by atoms with Gasteiger partial charge in [0.2, 0.25) is 0 Å². The van der Waals surface area contributed by atoms with Crippen molar-refractivity contribution < 1.29 is 23.4 Å². The van der Waals surface area contributed by atoms with E-state index in [1.54, 1.807) is 45.9 Å². The Labute approximate surface area is 151 Å². The molecule has 136 valence electrons. The van der Waals surface area contributed by atoms with Crippen molar-refractivity contribution >= 4 is 5.97 Å². The number of hydrogen-bond acceptors (Lipinski definition) is 5. The number of carbonyl (C=O) groups excluding carboxylic acids is 1. The van der Waals surface area contributed by atoms with Crippen LogP contribution in [0.15, 0.2) is 36.4 Å². The Morgan fingerprint density at radius 1 is 1.19 bits per heavy atom. The summed E-state index contributed by atoms with van der Waals surface area (Å²) in [7, 11) is 0. The van der Waals surface area contributed by atoms with Crippen molar-refractivity contribution in [3.63, 3.8) is 0 Å². The zero-order chi connectivity index (χ0) is 19.3. The smallest absolute Gasteiger partial charge is 0.349 e. The summed E-state index contributed by atoms with van der Waals surface area (Å²) in [6.07, 6.45) is 0. The van der Waals surface area contributed by atoms with E-state index in [9.17, 15) is 9.18 Å². The molecule has 0 bridgehead atoms. The van der Waals surface area contributed by atoms with E-state index in [2.05, 4.69) is 0 Å². The Morgan fingerprint density at radius 2 is 1.92 bits per heavy atom. The summed E-state index contributed by atoms with van der Waals surface area (Å²) in [5, 5.41) is 8.90. The normalized spacial score (nSPS) is 10.8. The molecule has 2 rings (SSSR count). The van der Waals surface area contributed by atoms with Crippen molar-refractivity contribution in [1.82, 2.24) is 0 Å². The van der Waals surface area contributed by atoms with Crippen molar-refractivity contribution in [2.75, 3.05) is 6.61 Å². The first kappa shape index (κ1) is 19.3. The maximum atomic E-state index is 13.5. The van der Waals surface area contributed by atoms with Crippen molar-refractivity contribution in [3.8, 4) is 23.3 Å². The summed E-state index contributed by atoms with van der Waals surface area (Å²) in [6, 6.07) is 10.7. The number of nitrogens with zero attached hydrogens (tertiary/aromatic N) is 1. The van der Waals surface area contributed by atoms with Gasteiger partial charge in [-0.3, -0.25) is 0 Å². The number of nitriles is 1. The monoisotopic (exact) mass is 357 g/mol. The fourth-order valence-electron chi connectivity index (χ4n) is 2.24. The second kappa shape index (κ2) is 7.87. The molecule has 0 aliphatic carbocycles. The molecule has 5 nitrogen and oxygen atoms in total. The molecule has 0 aliphatic rings. The molecule has 0 heterocycles. The number of esters is 1. The van der Waals surface area contributed by atoms with Gasteiger partial charge in [-0.1, -0.05) is 0 Å². The second-order valence-corrected chi connectivity index (χ2v) is 6.15. The predicted molar refractivity (Wildman–Crippen MR) is 93.7 cm³/mol. The van der Waals surface area contributed by atoms with Gasteiger partial charge in [0.1, 0.15) is 23.1 Å². The number of halogens is 1. The first-order chi connectivity index (χ1) is 12.2. The highest BCUT2D eigenvalue weighted by molar-refractivity contribution is 5.79. The summed E-state index contributed by atoms with van der Waals surface area (Å²) in [5.41, 5.74) is -0.224. The Bertz CT molecular complexity index is 855. The van der Waals surface area contributed by atoms with Crippen LogP contribution in [0.3, 0.4) is 0 Å². The van der Waals surface area contributed by atoms with Crippen LogP contribution in [0.5, 0.6) is 17.2 Å². The van der Waals surface area contributed by atoms with Gasteiger partial charge in [0.15, 0.2) is 5.60 Å². The molecular formula is C20H20FNO4. The van der Waals surface area contributed by atoms with Crippen LogP contribution in [0, 0.1) is 24.1 Å². The van der Waals surface area contributed by atoms with E-state index in [4.69, 9.17) is 19.5 Å². The van der Waals surface area contributed by atoms with Gasteiger partial charge in [0, 0.05) is 6.07 Å². The van der Waals surface area contributed by atoms with Gasteiger partial charge < -0.3 is 14.2 Å². The highest BCUT2D eigenvalue weighted by atomic mass is 19.1. The molecule has 0 fully saturated rings. The molecule has 0 saturated heterocycles. The standard InChI is InChI=1S/C20H20FNO4/c1-5-24-19(23)20(3,4)26-18-7-6-16(8-13(18)2)25-17-10-14(12-22)9-15(21)11-17/h6-11H,5H2,1-4H3. The molecule has 6 heteroatoms. The maximum Gasteiger partial charge on any atom is 0.349 e. The van der Waals surface area contributed by atoms with Gasteiger partial charge in [-0.2, -0.15) is 5.26 Å². The van der Waals surface area contributed by atoms with Gasteiger partial charge >= 0.3 is 5.97 Å². The molecule has 0 saturated carbocycles.